The Morgan fingerprint density at radius 3 is 2.38 bits per heavy atom. The van der Waals surface area contributed by atoms with Crippen molar-refractivity contribution in [1.29, 1.82) is 0 Å². The summed E-state index contributed by atoms with van der Waals surface area (Å²) in [6, 6.07) is 9.32. The number of thioether (sulfide) groups is 1. The van der Waals surface area contributed by atoms with E-state index in [0.29, 0.717) is 12.0 Å². The molecule has 0 heterocycles. The summed E-state index contributed by atoms with van der Waals surface area (Å²) in [5.41, 5.74) is 6.49. The monoisotopic (exact) mass is 311 g/mol. The molecule has 2 atom stereocenters. The van der Waals surface area contributed by atoms with Gasteiger partial charge in [0.2, 0.25) is 0 Å². The van der Waals surface area contributed by atoms with Crippen LogP contribution in [0.2, 0.25) is 0 Å². The van der Waals surface area contributed by atoms with Crippen LogP contribution in [0.4, 0.5) is 13.2 Å². The van der Waals surface area contributed by atoms with E-state index in [2.05, 4.69) is 0 Å². The molecule has 2 rings (SSSR count). The first-order chi connectivity index (χ1) is 10.0. The van der Waals surface area contributed by atoms with Crippen LogP contribution in [0.5, 0.6) is 0 Å². The highest BCUT2D eigenvalue weighted by atomic mass is 32.2. The van der Waals surface area contributed by atoms with E-state index in [9.17, 15) is 13.2 Å². The molecule has 112 valence electrons. The van der Waals surface area contributed by atoms with Gasteiger partial charge in [0, 0.05) is 22.6 Å². The lowest BCUT2D eigenvalue weighted by atomic mass is 10.0. The van der Waals surface area contributed by atoms with Gasteiger partial charge in [-0.05, 0) is 24.6 Å². The van der Waals surface area contributed by atoms with Crippen molar-refractivity contribution < 1.29 is 13.2 Å². The lowest BCUT2D eigenvalue weighted by Crippen LogP contribution is -2.26. The van der Waals surface area contributed by atoms with Crippen LogP contribution >= 0.6 is 11.8 Å². The average molecular weight is 311 g/mol. The van der Waals surface area contributed by atoms with Gasteiger partial charge < -0.3 is 5.73 Å². The average Bonchev–Trinajstić information content (AvgIpc) is 2.47. The van der Waals surface area contributed by atoms with Gasteiger partial charge in [-0.15, -0.1) is 11.8 Å². The van der Waals surface area contributed by atoms with Crippen LogP contribution in [0.1, 0.15) is 24.2 Å². The van der Waals surface area contributed by atoms with Crippen molar-refractivity contribution in [1.82, 2.24) is 0 Å². The van der Waals surface area contributed by atoms with Gasteiger partial charge in [-0.3, -0.25) is 0 Å². The van der Waals surface area contributed by atoms with Crippen molar-refractivity contribution in [2.45, 2.75) is 29.5 Å². The lowest BCUT2D eigenvalue weighted by molar-refractivity contribution is 0.559. The molecule has 0 aliphatic rings. The molecule has 5 heteroatoms. The number of hydrogen-bond acceptors (Lipinski definition) is 2. The fourth-order valence-corrected chi connectivity index (χ4v) is 3.29. The van der Waals surface area contributed by atoms with Gasteiger partial charge in [-0.2, -0.15) is 0 Å². The maximum atomic E-state index is 14.0. The van der Waals surface area contributed by atoms with E-state index in [0.717, 1.165) is 17.8 Å². The highest BCUT2D eigenvalue weighted by molar-refractivity contribution is 7.99. The Kier molecular flexibility index (Phi) is 5.31. The van der Waals surface area contributed by atoms with Crippen LogP contribution in [0.15, 0.2) is 47.4 Å². The largest absolute Gasteiger partial charge is 0.326 e. The van der Waals surface area contributed by atoms with Crippen molar-refractivity contribution in [2.24, 2.45) is 5.73 Å². The molecule has 0 spiro atoms. The fraction of sp³-hybridized carbons (Fsp3) is 0.250. The van der Waals surface area contributed by atoms with Crippen LogP contribution in [0, 0.1) is 17.5 Å². The highest BCUT2D eigenvalue weighted by Gasteiger charge is 2.24. The van der Waals surface area contributed by atoms with Crippen LogP contribution in [0.3, 0.4) is 0 Å². The summed E-state index contributed by atoms with van der Waals surface area (Å²) in [4.78, 5) is 0.258. The molecule has 2 unspecified atom stereocenters. The molecular weight excluding hydrogens is 295 g/mol. The Hall–Kier alpha value is -1.46. The van der Waals surface area contributed by atoms with Crippen LogP contribution in [0.25, 0.3) is 0 Å². The summed E-state index contributed by atoms with van der Waals surface area (Å²) in [7, 11) is 0. The second-order valence-corrected chi connectivity index (χ2v) is 5.89. The number of benzene rings is 2. The predicted molar refractivity (Wildman–Crippen MR) is 79.6 cm³/mol. The predicted octanol–water partition coefficient (Wildman–Crippen LogP) is 4.67. The molecule has 0 amide bonds. The minimum Gasteiger partial charge on any atom is -0.326 e. The molecule has 0 saturated carbocycles. The van der Waals surface area contributed by atoms with E-state index in [-0.39, 0.29) is 16.8 Å². The molecule has 0 aliphatic heterocycles. The number of hydrogen-bond donors (Lipinski definition) is 1. The summed E-state index contributed by atoms with van der Waals surface area (Å²) in [5.74, 6) is -1.68. The third-order valence-corrected chi connectivity index (χ3v) is 4.66. The Balaban J connectivity index is 2.35. The second kappa shape index (κ2) is 7.00. The third-order valence-electron chi connectivity index (χ3n) is 3.22. The first kappa shape index (κ1) is 15.9. The zero-order valence-corrected chi connectivity index (χ0v) is 12.3. The molecule has 0 fully saturated rings. The van der Waals surface area contributed by atoms with Gasteiger partial charge in [0.05, 0.1) is 5.25 Å². The zero-order valence-electron chi connectivity index (χ0n) is 11.5. The minimum atomic E-state index is -0.662. The fourth-order valence-electron chi connectivity index (χ4n) is 2.01. The minimum absolute atomic E-state index is 0.258. The van der Waals surface area contributed by atoms with Gasteiger partial charge in [-0.1, -0.05) is 25.1 Å². The van der Waals surface area contributed by atoms with Gasteiger partial charge in [-0.25, -0.2) is 13.2 Å². The smallest absolute Gasteiger partial charge is 0.139 e. The van der Waals surface area contributed by atoms with E-state index in [4.69, 9.17) is 5.73 Å². The summed E-state index contributed by atoms with van der Waals surface area (Å²) >= 11 is 1.12. The van der Waals surface area contributed by atoms with E-state index >= 15 is 0 Å². The van der Waals surface area contributed by atoms with Crippen LogP contribution in [-0.4, -0.2) is 6.04 Å². The molecular formula is C16H16F3NS. The van der Waals surface area contributed by atoms with Crippen molar-refractivity contribution in [2.75, 3.05) is 0 Å². The van der Waals surface area contributed by atoms with Crippen molar-refractivity contribution in [3.8, 4) is 0 Å². The first-order valence-corrected chi connectivity index (χ1v) is 7.52. The molecule has 2 N–H and O–H groups in total. The molecule has 0 radical (unpaired) electrons. The van der Waals surface area contributed by atoms with E-state index in [1.54, 1.807) is 18.2 Å². The van der Waals surface area contributed by atoms with Crippen LogP contribution in [-0.2, 0) is 0 Å². The molecule has 2 aromatic carbocycles. The Labute approximate surface area is 126 Å². The topological polar surface area (TPSA) is 26.0 Å². The summed E-state index contributed by atoms with van der Waals surface area (Å²) in [5, 5.41) is -0.434. The van der Waals surface area contributed by atoms with E-state index in [1.807, 2.05) is 6.92 Å². The number of nitrogens with two attached hydrogens (primary N) is 1. The summed E-state index contributed by atoms with van der Waals surface area (Å²) in [6.07, 6.45) is 0.620. The molecule has 0 aliphatic carbocycles. The van der Waals surface area contributed by atoms with Crippen molar-refractivity contribution in [3.05, 3.63) is 65.5 Å². The number of rotatable bonds is 5. The molecule has 2 aromatic rings. The maximum absolute atomic E-state index is 14.0. The Morgan fingerprint density at radius 2 is 1.76 bits per heavy atom. The highest BCUT2D eigenvalue weighted by Crippen LogP contribution is 2.40. The molecule has 0 saturated heterocycles. The Morgan fingerprint density at radius 1 is 1.05 bits per heavy atom. The van der Waals surface area contributed by atoms with E-state index < -0.39 is 16.9 Å². The SMILES string of the molecule is CCC(N)C(Sc1ccc(F)cc1F)c1ccccc1F. The third kappa shape index (κ3) is 3.80. The van der Waals surface area contributed by atoms with Crippen molar-refractivity contribution in [3.63, 3.8) is 0 Å². The summed E-state index contributed by atoms with van der Waals surface area (Å²) in [6.45, 7) is 1.89. The molecule has 1 nitrogen and oxygen atoms in total. The standard InChI is InChI=1S/C16H16F3NS/c1-2-14(20)16(11-5-3-4-6-12(11)18)21-15-8-7-10(17)9-13(15)19/h3-9,14,16H,2,20H2,1H3. The second-order valence-electron chi connectivity index (χ2n) is 4.71. The lowest BCUT2D eigenvalue weighted by Gasteiger charge is -2.23. The molecule has 21 heavy (non-hydrogen) atoms. The molecule has 0 aromatic heterocycles. The quantitative estimate of drug-likeness (QED) is 0.812. The molecule has 0 bridgehead atoms. The van der Waals surface area contributed by atoms with Crippen molar-refractivity contribution >= 4 is 11.8 Å². The van der Waals surface area contributed by atoms with Gasteiger partial charge in [0.15, 0.2) is 0 Å². The van der Waals surface area contributed by atoms with E-state index in [1.165, 1.54) is 18.2 Å². The first-order valence-electron chi connectivity index (χ1n) is 6.64. The van der Waals surface area contributed by atoms with Crippen LogP contribution < -0.4 is 5.73 Å². The van der Waals surface area contributed by atoms with Gasteiger partial charge in [0.1, 0.15) is 17.5 Å². The summed E-state index contributed by atoms with van der Waals surface area (Å²) < 4.78 is 40.7. The normalized spacial score (nSPS) is 14.0. The maximum Gasteiger partial charge on any atom is 0.139 e. The Bertz CT molecular complexity index is 618. The number of halogens is 3. The van der Waals surface area contributed by atoms with Gasteiger partial charge >= 0.3 is 0 Å². The van der Waals surface area contributed by atoms with Gasteiger partial charge in [0.25, 0.3) is 0 Å². The zero-order chi connectivity index (χ0) is 15.4.